The number of aromatic nitrogens is 2. The summed E-state index contributed by atoms with van der Waals surface area (Å²) in [5.41, 5.74) is 4.56. The number of rotatable bonds is 9. The number of amides is 1. The normalized spacial score (nSPS) is 15.0. The monoisotopic (exact) mass is 507 g/mol. The summed E-state index contributed by atoms with van der Waals surface area (Å²) < 4.78 is 13.5. The molecule has 182 valence electrons. The number of hydrogen-bond donors (Lipinski definition) is 0. The molecule has 1 aliphatic rings. The van der Waals surface area contributed by atoms with Gasteiger partial charge in [0.25, 0.3) is 5.91 Å². The molecule has 35 heavy (non-hydrogen) atoms. The lowest BCUT2D eigenvalue weighted by Gasteiger charge is -2.13. The van der Waals surface area contributed by atoms with Gasteiger partial charge in [-0.15, -0.1) is 0 Å². The Hall–Kier alpha value is -2.94. The first kappa shape index (κ1) is 25.2. The number of methoxy groups -OCH3 is 1. The largest absolute Gasteiger partial charge is 0.493 e. The predicted molar refractivity (Wildman–Crippen MR) is 146 cm³/mol. The molecule has 0 N–H and O–H groups in total. The van der Waals surface area contributed by atoms with Gasteiger partial charge in [-0.1, -0.05) is 56.0 Å². The average Bonchev–Trinajstić information content (AvgIpc) is 3.38. The summed E-state index contributed by atoms with van der Waals surface area (Å²) >= 11 is 6.75. The van der Waals surface area contributed by atoms with E-state index in [0.717, 1.165) is 33.8 Å². The first-order valence-electron chi connectivity index (χ1n) is 11.5. The molecule has 0 atom stereocenters. The lowest BCUT2D eigenvalue weighted by atomic mass is 10.0. The molecule has 1 fully saturated rings. The topological polar surface area (TPSA) is 56.6 Å². The summed E-state index contributed by atoms with van der Waals surface area (Å²) in [4.78, 5) is 15.2. The maximum atomic E-state index is 13.0. The van der Waals surface area contributed by atoms with Crippen LogP contribution < -0.4 is 4.74 Å². The second kappa shape index (κ2) is 11.2. The molecule has 1 amide bonds. The van der Waals surface area contributed by atoms with Crippen molar-refractivity contribution in [3.63, 3.8) is 0 Å². The predicted octanol–water partition coefficient (Wildman–Crippen LogP) is 5.73. The average molecular weight is 508 g/mol. The molecule has 1 aliphatic heterocycles. The third kappa shape index (κ3) is 5.83. The highest BCUT2D eigenvalue weighted by Crippen LogP contribution is 2.35. The van der Waals surface area contributed by atoms with Gasteiger partial charge in [-0.2, -0.15) is 5.10 Å². The summed E-state index contributed by atoms with van der Waals surface area (Å²) in [5, 5.41) is 4.89. The molecule has 4 rings (SSSR count). The summed E-state index contributed by atoms with van der Waals surface area (Å²) in [5.74, 6) is 1.21. The van der Waals surface area contributed by atoms with E-state index in [1.54, 1.807) is 12.0 Å². The molecule has 1 aromatic heterocycles. The van der Waals surface area contributed by atoms with E-state index in [2.05, 4.69) is 19.9 Å². The van der Waals surface area contributed by atoms with Crippen molar-refractivity contribution < 1.29 is 14.3 Å². The highest BCUT2D eigenvalue weighted by molar-refractivity contribution is 8.26. The van der Waals surface area contributed by atoms with Crippen LogP contribution in [0.2, 0.25) is 0 Å². The molecular formula is C27H29N3O3S2. The molecule has 1 saturated heterocycles. The van der Waals surface area contributed by atoms with Gasteiger partial charge in [0.15, 0.2) is 0 Å². The summed E-state index contributed by atoms with van der Waals surface area (Å²) in [7, 11) is 1.61. The van der Waals surface area contributed by atoms with E-state index in [1.165, 1.54) is 11.8 Å². The highest BCUT2D eigenvalue weighted by Gasteiger charge is 2.32. The Labute approximate surface area is 215 Å². The third-order valence-electron chi connectivity index (χ3n) is 5.46. The van der Waals surface area contributed by atoms with Crippen molar-refractivity contribution in [2.45, 2.75) is 20.8 Å². The fourth-order valence-corrected chi connectivity index (χ4v) is 4.96. The van der Waals surface area contributed by atoms with Crippen molar-refractivity contribution in [2.75, 3.05) is 26.9 Å². The number of para-hydroxylation sites is 1. The smallest absolute Gasteiger partial charge is 0.266 e. The number of ether oxygens (including phenoxy) is 2. The Morgan fingerprint density at radius 2 is 1.94 bits per heavy atom. The Kier molecular flexibility index (Phi) is 8.05. The first-order valence-corrected chi connectivity index (χ1v) is 12.7. The van der Waals surface area contributed by atoms with Gasteiger partial charge in [0.1, 0.15) is 15.8 Å². The van der Waals surface area contributed by atoms with E-state index in [9.17, 15) is 4.79 Å². The van der Waals surface area contributed by atoms with Gasteiger partial charge < -0.3 is 9.47 Å². The van der Waals surface area contributed by atoms with Crippen LogP contribution in [-0.2, 0) is 9.53 Å². The second-order valence-electron chi connectivity index (χ2n) is 8.72. The minimum absolute atomic E-state index is 0.107. The zero-order valence-electron chi connectivity index (χ0n) is 20.4. The van der Waals surface area contributed by atoms with Gasteiger partial charge in [0.2, 0.25) is 0 Å². The molecule has 0 saturated carbocycles. The molecule has 6 nitrogen and oxygen atoms in total. The second-order valence-corrected chi connectivity index (χ2v) is 10.4. The lowest BCUT2D eigenvalue weighted by molar-refractivity contribution is -0.122. The van der Waals surface area contributed by atoms with Gasteiger partial charge in [-0.05, 0) is 54.8 Å². The van der Waals surface area contributed by atoms with Crippen LogP contribution in [0.25, 0.3) is 23.0 Å². The van der Waals surface area contributed by atoms with Crippen molar-refractivity contribution >= 4 is 40.3 Å². The van der Waals surface area contributed by atoms with Crippen LogP contribution in [0.1, 0.15) is 25.0 Å². The number of nitrogens with zero attached hydrogens (tertiary/aromatic N) is 3. The van der Waals surface area contributed by atoms with Crippen LogP contribution >= 0.6 is 24.0 Å². The Morgan fingerprint density at radius 1 is 1.17 bits per heavy atom. The van der Waals surface area contributed by atoms with Crippen LogP contribution in [0.4, 0.5) is 0 Å². The number of thioether (sulfide) groups is 1. The van der Waals surface area contributed by atoms with E-state index in [0.29, 0.717) is 34.9 Å². The molecule has 0 unspecified atom stereocenters. The van der Waals surface area contributed by atoms with Crippen LogP contribution in [-0.4, -0.2) is 51.8 Å². The van der Waals surface area contributed by atoms with Gasteiger partial charge in [0.05, 0.1) is 30.4 Å². The van der Waals surface area contributed by atoms with E-state index < -0.39 is 0 Å². The van der Waals surface area contributed by atoms with E-state index in [1.807, 2.05) is 66.3 Å². The van der Waals surface area contributed by atoms with Crippen molar-refractivity contribution in [3.05, 3.63) is 70.8 Å². The van der Waals surface area contributed by atoms with E-state index in [4.69, 9.17) is 26.8 Å². The van der Waals surface area contributed by atoms with Crippen molar-refractivity contribution in [3.8, 4) is 22.7 Å². The highest BCUT2D eigenvalue weighted by atomic mass is 32.2. The van der Waals surface area contributed by atoms with Gasteiger partial charge >= 0.3 is 0 Å². The maximum Gasteiger partial charge on any atom is 0.266 e. The number of hydrogen-bond acceptors (Lipinski definition) is 6. The number of aryl methyl sites for hydroxylation is 1. The maximum absolute atomic E-state index is 13.0. The van der Waals surface area contributed by atoms with Crippen LogP contribution in [0.15, 0.2) is 59.6 Å². The van der Waals surface area contributed by atoms with Gasteiger partial charge in [0, 0.05) is 24.4 Å². The molecule has 0 bridgehead atoms. The number of carbonyl (C=O) groups excluding carboxylic acids is 1. The van der Waals surface area contributed by atoms with Crippen LogP contribution in [0.5, 0.6) is 5.75 Å². The molecule has 8 heteroatoms. The standard InChI is InChI=1S/C27H29N3O3S2/c1-18(2)17-33-23-11-10-20(14-19(23)3)25-21(16-30(28-25)22-8-6-5-7-9-22)15-24-26(31)29(12-13-32-4)27(34)35-24/h5-11,14-16,18H,12-13,17H2,1-4H3/b24-15-. The molecule has 0 radical (unpaired) electrons. The minimum Gasteiger partial charge on any atom is -0.493 e. The molecule has 0 spiro atoms. The van der Waals surface area contributed by atoms with E-state index in [-0.39, 0.29) is 5.91 Å². The molecule has 0 aliphatic carbocycles. The van der Waals surface area contributed by atoms with E-state index >= 15 is 0 Å². The van der Waals surface area contributed by atoms with Gasteiger partial charge in [-0.3, -0.25) is 9.69 Å². The number of thiocarbonyl (C=S) groups is 1. The van der Waals surface area contributed by atoms with Crippen molar-refractivity contribution in [1.82, 2.24) is 14.7 Å². The zero-order valence-corrected chi connectivity index (χ0v) is 22.0. The Bertz CT molecular complexity index is 1250. The quantitative estimate of drug-likeness (QED) is 0.272. The molecule has 3 aromatic rings. The number of carbonyl (C=O) groups is 1. The fraction of sp³-hybridized carbons (Fsp3) is 0.296. The van der Waals surface area contributed by atoms with Gasteiger partial charge in [-0.25, -0.2) is 4.68 Å². The molecule has 2 aromatic carbocycles. The first-order chi connectivity index (χ1) is 16.9. The number of benzene rings is 2. The zero-order chi connectivity index (χ0) is 24.9. The van der Waals surface area contributed by atoms with Crippen LogP contribution in [0.3, 0.4) is 0 Å². The Morgan fingerprint density at radius 3 is 2.63 bits per heavy atom. The van der Waals surface area contributed by atoms with Crippen molar-refractivity contribution in [1.29, 1.82) is 0 Å². The lowest BCUT2D eigenvalue weighted by Crippen LogP contribution is -2.31. The SMILES string of the molecule is COCCN1C(=O)/C(=C/c2cn(-c3ccccc3)nc2-c2ccc(OCC(C)C)c(C)c2)SC1=S. The minimum atomic E-state index is -0.107. The third-order valence-corrected chi connectivity index (χ3v) is 6.84. The summed E-state index contributed by atoms with van der Waals surface area (Å²) in [6, 6.07) is 16.0. The fourth-order valence-electron chi connectivity index (χ4n) is 3.66. The van der Waals surface area contributed by atoms with Crippen LogP contribution in [0, 0.1) is 12.8 Å². The van der Waals surface area contributed by atoms with Crippen molar-refractivity contribution in [2.24, 2.45) is 5.92 Å². The Balaban J connectivity index is 1.73. The summed E-state index contributed by atoms with van der Waals surface area (Å²) in [6.45, 7) is 7.83. The summed E-state index contributed by atoms with van der Waals surface area (Å²) in [6.07, 6.45) is 3.83. The molecule has 2 heterocycles. The molecular weight excluding hydrogens is 478 g/mol.